The Labute approximate surface area is 218 Å². The molecule has 0 saturated carbocycles. The number of amides is 1. The van der Waals surface area contributed by atoms with Crippen LogP contribution in [0.25, 0.3) is 10.9 Å². The van der Waals surface area contributed by atoms with Crippen molar-refractivity contribution in [3.8, 4) is 0 Å². The molecule has 7 nitrogen and oxygen atoms in total. The lowest BCUT2D eigenvalue weighted by Crippen LogP contribution is -2.25. The number of nitrogens with one attached hydrogen (secondary N) is 1. The molecule has 8 heteroatoms. The fourth-order valence-corrected chi connectivity index (χ4v) is 4.69. The van der Waals surface area contributed by atoms with Crippen LogP contribution < -0.4 is 5.32 Å². The Bertz CT molecular complexity index is 1580. The van der Waals surface area contributed by atoms with Crippen LogP contribution in [0.2, 0.25) is 0 Å². The van der Waals surface area contributed by atoms with Crippen molar-refractivity contribution < 1.29 is 14.1 Å². The second-order valence-corrected chi connectivity index (χ2v) is 9.10. The van der Waals surface area contributed by atoms with Crippen LogP contribution in [0.4, 0.5) is 10.1 Å². The van der Waals surface area contributed by atoms with Gasteiger partial charge in [-0.1, -0.05) is 42.5 Å². The van der Waals surface area contributed by atoms with Gasteiger partial charge in [-0.2, -0.15) is 0 Å². The van der Waals surface area contributed by atoms with Crippen molar-refractivity contribution in [2.45, 2.75) is 25.4 Å². The van der Waals surface area contributed by atoms with E-state index in [2.05, 4.69) is 14.9 Å². The largest absolute Gasteiger partial charge is 0.352 e. The molecule has 5 rings (SSSR count). The Hall–Kier alpha value is -4.85. The molecule has 0 aliphatic rings. The molecule has 2 heterocycles. The average molecular weight is 509 g/mol. The average Bonchev–Trinajstić information content (AvgIpc) is 3.30. The van der Waals surface area contributed by atoms with Gasteiger partial charge in [0.2, 0.25) is 5.91 Å². The van der Waals surface area contributed by atoms with Crippen LogP contribution in [-0.2, 0) is 17.9 Å². The van der Waals surface area contributed by atoms with Crippen molar-refractivity contribution >= 4 is 22.5 Å². The van der Waals surface area contributed by atoms with E-state index in [1.807, 2.05) is 48.7 Å². The third-order valence-corrected chi connectivity index (χ3v) is 6.57. The molecule has 5 aromatic rings. The first-order valence-electron chi connectivity index (χ1n) is 12.2. The summed E-state index contributed by atoms with van der Waals surface area (Å²) in [5.41, 5.74) is 4.36. The maximum absolute atomic E-state index is 13.5. The molecule has 0 aliphatic heterocycles. The van der Waals surface area contributed by atoms with Gasteiger partial charge in [0.1, 0.15) is 5.82 Å². The fraction of sp³-hybridized carbons (Fsp3) is 0.133. The fourth-order valence-electron chi connectivity index (χ4n) is 4.69. The molecule has 190 valence electrons. The van der Waals surface area contributed by atoms with E-state index in [1.165, 1.54) is 24.3 Å². The van der Waals surface area contributed by atoms with Gasteiger partial charge < -0.3 is 9.88 Å². The van der Waals surface area contributed by atoms with E-state index in [9.17, 15) is 19.3 Å². The summed E-state index contributed by atoms with van der Waals surface area (Å²) in [7, 11) is 0. The topological polar surface area (TPSA) is 90.1 Å². The van der Waals surface area contributed by atoms with Crippen LogP contribution in [-0.4, -0.2) is 20.4 Å². The van der Waals surface area contributed by atoms with E-state index in [-0.39, 0.29) is 23.8 Å². The summed E-state index contributed by atoms with van der Waals surface area (Å²) in [6.07, 6.45) is 5.44. The number of carbonyl (C=O) groups excluding carboxylic acids is 1. The van der Waals surface area contributed by atoms with Gasteiger partial charge in [0.25, 0.3) is 5.69 Å². The number of benzene rings is 3. The molecular weight excluding hydrogens is 483 g/mol. The number of nitro benzene ring substituents is 1. The Balaban J connectivity index is 1.52. The Morgan fingerprint density at radius 1 is 0.974 bits per heavy atom. The number of carbonyl (C=O) groups is 1. The highest BCUT2D eigenvalue weighted by Crippen LogP contribution is 2.36. The first-order chi connectivity index (χ1) is 18.5. The van der Waals surface area contributed by atoms with Crippen LogP contribution in [0.3, 0.4) is 0 Å². The van der Waals surface area contributed by atoms with Crippen LogP contribution in [0.5, 0.6) is 0 Å². The predicted molar refractivity (Wildman–Crippen MR) is 143 cm³/mol. The van der Waals surface area contributed by atoms with E-state index in [1.54, 1.807) is 30.6 Å². The van der Waals surface area contributed by atoms with Crippen LogP contribution in [0.15, 0.2) is 104 Å². The van der Waals surface area contributed by atoms with Gasteiger partial charge in [-0.25, -0.2) is 4.39 Å². The summed E-state index contributed by atoms with van der Waals surface area (Å²) in [6, 6.07) is 24.3. The normalized spacial score (nSPS) is 11.8. The number of halogens is 1. The lowest BCUT2D eigenvalue weighted by atomic mass is 9.87. The van der Waals surface area contributed by atoms with Crippen LogP contribution >= 0.6 is 0 Å². The van der Waals surface area contributed by atoms with Crippen molar-refractivity contribution in [1.82, 2.24) is 14.9 Å². The molecule has 38 heavy (non-hydrogen) atoms. The number of aromatic nitrogens is 2. The second-order valence-electron chi connectivity index (χ2n) is 9.10. The molecule has 1 atom stereocenters. The zero-order chi connectivity index (χ0) is 26.5. The number of pyridine rings is 1. The Morgan fingerprint density at radius 2 is 1.74 bits per heavy atom. The van der Waals surface area contributed by atoms with Crippen molar-refractivity contribution in [2.24, 2.45) is 0 Å². The summed E-state index contributed by atoms with van der Waals surface area (Å²) in [4.78, 5) is 28.3. The van der Waals surface area contributed by atoms with Gasteiger partial charge in [0.05, 0.1) is 4.92 Å². The summed E-state index contributed by atoms with van der Waals surface area (Å²) in [6.45, 7) is 0.867. The minimum atomic E-state index is -0.429. The molecule has 0 unspecified atom stereocenters. The molecule has 0 fully saturated rings. The van der Waals surface area contributed by atoms with Crippen molar-refractivity contribution in [1.29, 1.82) is 0 Å². The lowest BCUT2D eigenvalue weighted by molar-refractivity contribution is -0.384. The van der Waals surface area contributed by atoms with Crippen molar-refractivity contribution in [2.75, 3.05) is 0 Å². The van der Waals surface area contributed by atoms with E-state index < -0.39 is 10.8 Å². The summed E-state index contributed by atoms with van der Waals surface area (Å²) in [5, 5.41) is 15.4. The first kappa shape index (κ1) is 24.8. The summed E-state index contributed by atoms with van der Waals surface area (Å²) < 4.78 is 15.5. The molecule has 0 spiro atoms. The van der Waals surface area contributed by atoms with E-state index in [4.69, 9.17) is 0 Å². The van der Waals surface area contributed by atoms with Gasteiger partial charge in [-0.15, -0.1) is 0 Å². The number of hydrogen-bond acceptors (Lipinski definition) is 4. The third kappa shape index (κ3) is 5.59. The molecule has 0 bridgehead atoms. The third-order valence-electron chi connectivity index (χ3n) is 6.57. The monoisotopic (exact) mass is 508 g/mol. The lowest BCUT2D eigenvalue weighted by Gasteiger charge is -2.17. The summed E-state index contributed by atoms with van der Waals surface area (Å²) in [5.74, 6) is -0.893. The molecule has 1 N–H and O–H groups in total. The molecule has 0 saturated heterocycles. The van der Waals surface area contributed by atoms with E-state index in [0.717, 1.165) is 27.6 Å². The number of fused-ring (bicyclic) bond motifs is 1. The van der Waals surface area contributed by atoms with Crippen LogP contribution in [0.1, 0.15) is 34.6 Å². The standard InChI is InChI=1S/C30H25FN4O3/c31-24-10-8-22(9-11-24)19-34-20-28(26-6-1-2-7-29(26)34)27(23-4-3-5-25(16-23)35(37)38)17-30(36)33-18-21-12-14-32-15-13-21/h1-16,20,27H,17-19H2,(H,33,36)/t27-/m0/s1. The van der Waals surface area contributed by atoms with Crippen molar-refractivity contribution in [3.05, 3.63) is 142 Å². The molecule has 3 aromatic carbocycles. The van der Waals surface area contributed by atoms with Gasteiger partial charge in [-0.05, 0) is 52.6 Å². The molecule has 0 radical (unpaired) electrons. The number of para-hydroxylation sites is 1. The summed E-state index contributed by atoms with van der Waals surface area (Å²) >= 11 is 0. The minimum Gasteiger partial charge on any atom is -0.352 e. The Morgan fingerprint density at radius 3 is 2.50 bits per heavy atom. The quantitative estimate of drug-likeness (QED) is 0.196. The number of nitro groups is 1. The maximum Gasteiger partial charge on any atom is 0.269 e. The molecule has 0 aliphatic carbocycles. The molecule has 1 amide bonds. The highest BCUT2D eigenvalue weighted by atomic mass is 19.1. The first-order valence-corrected chi connectivity index (χ1v) is 12.2. The van der Waals surface area contributed by atoms with Crippen LogP contribution in [0, 0.1) is 15.9 Å². The van der Waals surface area contributed by atoms with Crippen molar-refractivity contribution in [3.63, 3.8) is 0 Å². The van der Waals surface area contributed by atoms with Gasteiger partial charge in [0, 0.05) is 67.1 Å². The second kappa shape index (κ2) is 11.0. The minimum absolute atomic E-state index is 0.0280. The highest BCUT2D eigenvalue weighted by Gasteiger charge is 2.24. The Kier molecular flexibility index (Phi) is 7.21. The number of hydrogen-bond donors (Lipinski definition) is 1. The zero-order valence-electron chi connectivity index (χ0n) is 20.5. The van der Waals surface area contributed by atoms with E-state index in [0.29, 0.717) is 18.7 Å². The predicted octanol–water partition coefficient (Wildman–Crippen LogP) is 5.97. The molecule has 2 aromatic heterocycles. The molecular formula is C30H25FN4O3. The number of non-ortho nitro benzene ring substituents is 1. The maximum atomic E-state index is 13.5. The van der Waals surface area contributed by atoms with Gasteiger partial charge in [-0.3, -0.25) is 19.9 Å². The van der Waals surface area contributed by atoms with Gasteiger partial charge >= 0.3 is 0 Å². The number of nitrogens with zero attached hydrogens (tertiary/aromatic N) is 3. The smallest absolute Gasteiger partial charge is 0.269 e. The van der Waals surface area contributed by atoms with Gasteiger partial charge in [0.15, 0.2) is 0 Å². The SMILES string of the molecule is O=C(C[C@@H](c1cccc([N+](=O)[O-])c1)c1cn(Cc2ccc(F)cc2)c2ccccc12)NCc1ccncc1. The highest BCUT2D eigenvalue weighted by molar-refractivity contribution is 5.87. The van der Waals surface area contributed by atoms with E-state index >= 15 is 0 Å². The number of rotatable bonds is 9. The zero-order valence-corrected chi connectivity index (χ0v) is 20.5.